The van der Waals surface area contributed by atoms with Gasteiger partial charge >= 0.3 is 5.69 Å². The molecule has 1 heterocycles. The van der Waals surface area contributed by atoms with Crippen LogP contribution in [0.25, 0.3) is 0 Å². The van der Waals surface area contributed by atoms with Crippen LogP contribution in [0.4, 0.5) is 5.69 Å². The maximum Gasteiger partial charge on any atom is 0.331 e. The second-order valence-corrected chi connectivity index (χ2v) is 8.95. The normalized spacial score (nSPS) is 11.3. The van der Waals surface area contributed by atoms with E-state index in [1.807, 2.05) is 30.3 Å². The Kier molecular flexibility index (Phi) is 6.02. The summed E-state index contributed by atoms with van der Waals surface area (Å²) in [6, 6.07) is 14.9. The van der Waals surface area contributed by atoms with Crippen LogP contribution in [0.1, 0.15) is 11.1 Å². The molecule has 0 fully saturated rings. The monoisotopic (exact) mass is 427 g/mol. The van der Waals surface area contributed by atoms with Gasteiger partial charge in [0.15, 0.2) is 9.84 Å². The van der Waals surface area contributed by atoms with E-state index in [1.54, 1.807) is 13.0 Å². The van der Waals surface area contributed by atoms with Crippen LogP contribution in [0.15, 0.2) is 75.3 Å². The third kappa shape index (κ3) is 4.93. The smallest absolute Gasteiger partial charge is 0.324 e. The van der Waals surface area contributed by atoms with Gasteiger partial charge in [0.1, 0.15) is 6.54 Å². The minimum Gasteiger partial charge on any atom is -0.324 e. The molecule has 0 aliphatic heterocycles. The highest BCUT2D eigenvalue weighted by molar-refractivity contribution is 7.90. The van der Waals surface area contributed by atoms with Crippen molar-refractivity contribution in [3.8, 4) is 0 Å². The first-order chi connectivity index (χ1) is 14.1. The maximum atomic E-state index is 12.7. The van der Waals surface area contributed by atoms with Crippen molar-refractivity contribution in [1.29, 1.82) is 0 Å². The van der Waals surface area contributed by atoms with E-state index in [9.17, 15) is 22.8 Å². The van der Waals surface area contributed by atoms with Crippen LogP contribution >= 0.6 is 0 Å². The number of carbonyl (C=O) groups is 1. The third-order valence-corrected chi connectivity index (χ3v) is 5.66. The van der Waals surface area contributed by atoms with Gasteiger partial charge in [-0.15, -0.1) is 0 Å². The van der Waals surface area contributed by atoms with Gasteiger partial charge in [0, 0.05) is 24.2 Å². The highest BCUT2D eigenvalue weighted by Crippen LogP contribution is 2.20. The summed E-state index contributed by atoms with van der Waals surface area (Å²) in [5.74, 6) is -0.611. The molecule has 9 heteroatoms. The van der Waals surface area contributed by atoms with Gasteiger partial charge < -0.3 is 5.32 Å². The molecular formula is C21H21N3O5S. The summed E-state index contributed by atoms with van der Waals surface area (Å²) in [6.45, 7) is 1.48. The van der Waals surface area contributed by atoms with Crippen molar-refractivity contribution in [2.45, 2.75) is 24.9 Å². The molecule has 3 aromatic rings. The fourth-order valence-electron chi connectivity index (χ4n) is 2.90. The van der Waals surface area contributed by atoms with Gasteiger partial charge in [0.05, 0.1) is 11.4 Å². The summed E-state index contributed by atoms with van der Waals surface area (Å²) in [6.07, 6.45) is 2.47. The Bertz CT molecular complexity index is 1310. The molecule has 0 aliphatic rings. The molecule has 8 nitrogen and oxygen atoms in total. The van der Waals surface area contributed by atoms with Crippen LogP contribution in [0.3, 0.4) is 0 Å². The van der Waals surface area contributed by atoms with Crippen LogP contribution in [0.5, 0.6) is 0 Å². The van der Waals surface area contributed by atoms with E-state index in [1.165, 1.54) is 29.0 Å². The summed E-state index contributed by atoms with van der Waals surface area (Å²) in [4.78, 5) is 37.4. The Morgan fingerprint density at radius 3 is 2.40 bits per heavy atom. The van der Waals surface area contributed by atoms with E-state index in [4.69, 9.17) is 0 Å². The van der Waals surface area contributed by atoms with Gasteiger partial charge in [-0.05, 0) is 30.2 Å². The van der Waals surface area contributed by atoms with Crippen LogP contribution in [-0.2, 0) is 27.7 Å². The first-order valence-corrected chi connectivity index (χ1v) is 11.0. The van der Waals surface area contributed by atoms with E-state index in [0.29, 0.717) is 11.3 Å². The van der Waals surface area contributed by atoms with Crippen LogP contribution < -0.4 is 16.6 Å². The number of aromatic nitrogens is 2. The lowest BCUT2D eigenvalue weighted by Gasteiger charge is -2.12. The quantitative estimate of drug-likeness (QED) is 0.640. The van der Waals surface area contributed by atoms with Crippen molar-refractivity contribution < 1.29 is 13.2 Å². The van der Waals surface area contributed by atoms with Crippen molar-refractivity contribution >= 4 is 21.4 Å². The molecule has 0 aliphatic carbocycles. The lowest BCUT2D eigenvalue weighted by molar-refractivity contribution is -0.116. The molecule has 30 heavy (non-hydrogen) atoms. The third-order valence-electron chi connectivity index (χ3n) is 4.55. The number of hydrogen-bond donors (Lipinski definition) is 1. The van der Waals surface area contributed by atoms with E-state index in [0.717, 1.165) is 16.4 Å². The Hall–Kier alpha value is -3.46. The number of benzene rings is 2. The van der Waals surface area contributed by atoms with Crippen LogP contribution in [0, 0.1) is 6.92 Å². The average molecular weight is 427 g/mol. The van der Waals surface area contributed by atoms with Crippen molar-refractivity contribution in [3.05, 3.63) is 92.8 Å². The zero-order valence-corrected chi connectivity index (χ0v) is 17.3. The number of nitrogens with one attached hydrogen (secondary N) is 1. The number of anilines is 1. The number of nitrogens with zero attached hydrogens (tertiary/aromatic N) is 2. The molecule has 1 amide bonds. The van der Waals surface area contributed by atoms with Crippen molar-refractivity contribution in [2.24, 2.45) is 0 Å². The predicted molar refractivity (Wildman–Crippen MR) is 113 cm³/mol. The maximum absolute atomic E-state index is 12.7. The largest absolute Gasteiger partial charge is 0.331 e. The van der Waals surface area contributed by atoms with E-state index < -0.39 is 33.5 Å². The topological polar surface area (TPSA) is 107 Å². The molecule has 0 unspecified atom stereocenters. The highest BCUT2D eigenvalue weighted by Gasteiger charge is 2.14. The molecule has 2 aromatic carbocycles. The molecule has 0 atom stereocenters. The zero-order chi connectivity index (χ0) is 21.9. The molecule has 3 rings (SSSR count). The molecule has 0 saturated heterocycles. The van der Waals surface area contributed by atoms with Crippen molar-refractivity contribution in [2.75, 3.05) is 11.6 Å². The van der Waals surface area contributed by atoms with Crippen LogP contribution in [0.2, 0.25) is 0 Å². The van der Waals surface area contributed by atoms with Gasteiger partial charge in [-0.25, -0.2) is 13.2 Å². The fraction of sp³-hybridized carbons (Fsp3) is 0.190. The van der Waals surface area contributed by atoms with Gasteiger partial charge in [-0.3, -0.25) is 18.7 Å². The number of hydrogen-bond acceptors (Lipinski definition) is 5. The van der Waals surface area contributed by atoms with Gasteiger partial charge in [0.2, 0.25) is 5.91 Å². The lowest BCUT2D eigenvalue weighted by Crippen LogP contribution is -2.41. The molecule has 156 valence electrons. The Balaban J connectivity index is 1.85. The Labute approximate surface area is 173 Å². The molecule has 0 saturated carbocycles. The van der Waals surface area contributed by atoms with Crippen molar-refractivity contribution in [1.82, 2.24) is 9.13 Å². The number of carbonyl (C=O) groups excluding carboxylic acids is 1. The summed E-state index contributed by atoms with van der Waals surface area (Å²) in [5.41, 5.74) is 0.626. The number of amides is 1. The number of sulfone groups is 1. The highest BCUT2D eigenvalue weighted by atomic mass is 32.2. The Morgan fingerprint density at radius 2 is 1.73 bits per heavy atom. The first kappa shape index (κ1) is 21.3. The number of aryl methyl sites for hydroxylation is 1. The van der Waals surface area contributed by atoms with E-state index in [-0.39, 0.29) is 11.4 Å². The second kappa shape index (κ2) is 8.50. The summed E-state index contributed by atoms with van der Waals surface area (Å²) < 4.78 is 25.7. The van der Waals surface area contributed by atoms with E-state index in [2.05, 4.69) is 5.32 Å². The molecular weight excluding hydrogens is 406 g/mol. The van der Waals surface area contributed by atoms with Gasteiger partial charge in [-0.1, -0.05) is 36.4 Å². The average Bonchev–Trinajstić information content (AvgIpc) is 2.69. The fourth-order valence-corrected chi connectivity index (χ4v) is 3.55. The lowest BCUT2D eigenvalue weighted by atomic mass is 10.2. The summed E-state index contributed by atoms with van der Waals surface area (Å²) in [5, 5.41) is 2.58. The van der Waals surface area contributed by atoms with Gasteiger partial charge in [-0.2, -0.15) is 0 Å². The molecule has 0 radical (unpaired) electrons. The van der Waals surface area contributed by atoms with Crippen LogP contribution in [-0.4, -0.2) is 29.7 Å². The van der Waals surface area contributed by atoms with Crippen molar-refractivity contribution in [3.63, 3.8) is 0 Å². The molecule has 1 aromatic heterocycles. The molecule has 0 spiro atoms. The minimum atomic E-state index is -3.45. The molecule has 1 N–H and O–H groups in total. The zero-order valence-electron chi connectivity index (χ0n) is 16.5. The Morgan fingerprint density at radius 1 is 1.03 bits per heavy atom. The van der Waals surface area contributed by atoms with E-state index >= 15 is 0 Å². The predicted octanol–water partition coefficient (Wildman–Crippen LogP) is 1.41. The summed E-state index contributed by atoms with van der Waals surface area (Å²) in [7, 11) is -3.45. The standard InChI is InChI=1S/C21H21N3O5S/c1-15-8-9-17(30(2,28)29)12-18(15)22-19(25)14-24-20(26)10-11-23(21(24)27)13-16-6-4-3-5-7-16/h3-12H,13-14H2,1-2H3,(H,22,25). The number of rotatable bonds is 6. The second-order valence-electron chi connectivity index (χ2n) is 6.93. The summed E-state index contributed by atoms with van der Waals surface area (Å²) >= 11 is 0. The SMILES string of the molecule is Cc1ccc(S(C)(=O)=O)cc1NC(=O)Cn1c(=O)ccn(Cc2ccccc2)c1=O. The first-order valence-electron chi connectivity index (χ1n) is 9.10. The minimum absolute atomic E-state index is 0.0606. The molecule has 0 bridgehead atoms. The van der Waals surface area contributed by atoms with Gasteiger partial charge in [0.25, 0.3) is 5.56 Å².